The van der Waals surface area contributed by atoms with Crippen molar-refractivity contribution in [3.05, 3.63) is 33.9 Å². The van der Waals surface area contributed by atoms with E-state index in [0.717, 1.165) is 17.0 Å². The molecule has 0 unspecified atom stereocenters. The second kappa shape index (κ2) is 5.45. The molecule has 0 aromatic heterocycles. The van der Waals surface area contributed by atoms with E-state index in [2.05, 4.69) is 50.9 Å². The van der Waals surface area contributed by atoms with Gasteiger partial charge in [0, 0.05) is 17.6 Å². The normalized spacial score (nSPS) is 18.3. The van der Waals surface area contributed by atoms with Crippen molar-refractivity contribution in [2.75, 3.05) is 7.05 Å². The molecule has 0 aromatic carbocycles. The molecular formula is C13H21NS. The number of allylic oxidation sites excluding steroid dienone is 5. The molecule has 1 rings (SSSR count). The van der Waals surface area contributed by atoms with Gasteiger partial charge < -0.3 is 5.32 Å². The zero-order chi connectivity index (χ0) is 11.4. The van der Waals surface area contributed by atoms with Crippen molar-refractivity contribution in [2.45, 2.75) is 33.6 Å². The smallest absolute Gasteiger partial charge is 0.0259 e. The summed E-state index contributed by atoms with van der Waals surface area (Å²) in [6, 6.07) is 0. The van der Waals surface area contributed by atoms with E-state index in [0.29, 0.717) is 5.92 Å². The predicted octanol–water partition coefficient (Wildman–Crippen LogP) is 3.67. The van der Waals surface area contributed by atoms with Gasteiger partial charge in [0.15, 0.2) is 0 Å². The van der Waals surface area contributed by atoms with Crippen LogP contribution < -0.4 is 5.32 Å². The van der Waals surface area contributed by atoms with Gasteiger partial charge in [-0.1, -0.05) is 31.6 Å². The van der Waals surface area contributed by atoms with Gasteiger partial charge in [0.1, 0.15) is 0 Å². The van der Waals surface area contributed by atoms with Crippen LogP contribution in [-0.4, -0.2) is 7.05 Å². The van der Waals surface area contributed by atoms with Crippen LogP contribution in [0, 0.1) is 5.92 Å². The second-order valence-corrected chi connectivity index (χ2v) is 4.76. The maximum absolute atomic E-state index is 4.55. The lowest BCUT2D eigenvalue weighted by atomic mass is 9.91. The molecule has 0 atom stereocenters. The van der Waals surface area contributed by atoms with Gasteiger partial charge in [-0.2, -0.15) is 0 Å². The van der Waals surface area contributed by atoms with Gasteiger partial charge in [0.05, 0.1) is 0 Å². The van der Waals surface area contributed by atoms with Crippen molar-refractivity contribution >= 4 is 12.6 Å². The SMILES string of the molecule is CN/C(C)=C(\S)C1=CC=C(C(C)C)CC1. The van der Waals surface area contributed by atoms with Crippen LogP contribution in [0.2, 0.25) is 0 Å². The average molecular weight is 223 g/mol. The first-order valence-electron chi connectivity index (χ1n) is 5.53. The van der Waals surface area contributed by atoms with E-state index in [4.69, 9.17) is 0 Å². The lowest BCUT2D eigenvalue weighted by molar-refractivity contribution is 0.702. The fraction of sp³-hybridized carbons (Fsp3) is 0.538. The highest BCUT2D eigenvalue weighted by molar-refractivity contribution is 7.84. The van der Waals surface area contributed by atoms with Crippen LogP contribution in [0.15, 0.2) is 33.9 Å². The lowest BCUT2D eigenvalue weighted by Crippen LogP contribution is -2.06. The Balaban J connectivity index is 2.85. The number of rotatable bonds is 3. The van der Waals surface area contributed by atoms with Crippen LogP contribution in [-0.2, 0) is 0 Å². The zero-order valence-electron chi connectivity index (χ0n) is 10.1. The largest absolute Gasteiger partial charge is 0.391 e. The van der Waals surface area contributed by atoms with Crippen molar-refractivity contribution in [3.8, 4) is 0 Å². The Labute approximate surface area is 98.7 Å². The van der Waals surface area contributed by atoms with E-state index < -0.39 is 0 Å². The first-order chi connectivity index (χ1) is 7.06. The summed E-state index contributed by atoms with van der Waals surface area (Å²) in [4.78, 5) is 1.09. The molecule has 1 N–H and O–H groups in total. The third kappa shape index (κ3) is 3.16. The van der Waals surface area contributed by atoms with E-state index in [1.54, 1.807) is 5.57 Å². The monoisotopic (exact) mass is 223 g/mol. The van der Waals surface area contributed by atoms with E-state index >= 15 is 0 Å². The Hall–Kier alpha value is -0.630. The number of thiol groups is 1. The maximum Gasteiger partial charge on any atom is 0.0259 e. The van der Waals surface area contributed by atoms with Gasteiger partial charge in [-0.25, -0.2) is 0 Å². The van der Waals surface area contributed by atoms with Gasteiger partial charge in [-0.05, 0) is 31.3 Å². The van der Waals surface area contributed by atoms with Crippen LogP contribution in [0.25, 0.3) is 0 Å². The molecule has 0 aromatic rings. The first kappa shape index (κ1) is 12.4. The fourth-order valence-electron chi connectivity index (χ4n) is 1.69. The van der Waals surface area contributed by atoms with Crippen molar-refractivity contribution in [2.24, 2.45) is 5.92 Å². The first-order valence-corrected chi connectivity index (χ1v) is 5.98. The molecule has 0 heterocycles. The van der Waals surface area contributed by atoms with E-state index in [9.17, 15) is 0 Å². The summed E-state index contributed by atoms with van der Waals surface area (Å²) in [6.45, 7) is 6.56. The highest BCUT2D eigenvalue weighted by atomic mass is 32.1. The molecule has 0 radical (unpaired) electrons. The number of nitrogens with one attached hydrogen (secondary N) is 1. The number of hydrogen-bond donors (Lipinski definition) is 2. The van der Waals surface area contributed by atoms with Crippen LogP contribution in [0.3, 0.4) is 0 Å². The Morgan fingerprint density at radius 2 is 2.00 bits per heavy atom. The second-order valence-electron chi connectivity index (χ2n) is 4.31. The molecule has 1 aliphatic rings. The Bertz CT molecular complexity index is 321. The van der Waals surface area contributed by atoms with Gasteiger partial charge in [0.25, 0.3) is 0 Å². The molecule has 0 spiro atoms. The Morgan fingerprint density at radius 1 is 1.33 bits per heavy atom. The van der Waals surface area contributed by atoms with Crippen LogP contribution in [0.1, 0.15) is 33.6 Å². The van der Waals surface area contributed by atoms with Crippen molar-refractivity contribution < 1.29 is 0 Å². The quantitative estimate of drug-likeness (QED) is 0.696. The zero-order valence-corrected chi connectivity index (χ0v) is 11.0. The minimum Gasteiger partial charge on any atom is -0.391 e. The summed E-state index contributed by atoms with van der Waals surface area (Å²) >= 11 is 4.55. The van der Waals surface area contributed by atoms with Crippen LogP contribution >= 0.6 is 12.6 Å². The highest BCUT2D eigenvalue weighted by Gasteiger charge is 2.11. The average Bonchev–Trinajstić information content (AvgIpc) is 2.27. The van der Waals surface area contributed by atoms with Gasteiger partial charge >= 0.3 is 0 Å². The standard InChI is InChI=1S/C13H21NS/c1-9(2)11-5-7-12(8-6-11)13(15)10(3)14-4/h5,7,9,14-15H,6,8H2,1-4H3/b13-10-. The molecule has 0 saturated carbocycles. The molecule has 0 saturated heterocycles. The summed E-state index contributed by atoms with van der Waals surface area (Å²) in [5.41, 5.74) is 4.03. The lowest BCUT2D eigenvalue weighted by Gasteiger charge is -2.18. The summed E-state index contributed by atoms with van der Waals surface area (Å²) in [6.07, 6.45) is 6.75. The van der Waals surface area contributed by atoms with Crippen molar-refractivity contribution in [1.29, 1.82) is 0 Å². The maximum atomic E-state index is 4.55. The topological polar surface area (TPSA) is 12.0 Å². The third-order valence-electron chi connectivity index (χ3n) is 2.96. The number of hydrogen-bond acceptors (Lipinski definition) is 2. The van der Waals surface area contributed by atoms with Gasteiger partial charge in [-0.15, -0.1) is 12.6 Å². The van der Waals surface area contributed by atoms with E-state index in [-0.39, 0.29) is 0 Å². The minimum atomic E-state index is 0.667. The molecule has 1 nitrogen and oxygen atoms in total. The Morgan fingerprint density at radius 3 is 2.40 bits per heavy atom. The fourth-order valence-corrected chi connectivity index (χ4v) is 1.99. The van der Waals surface area contributed by atoms with E-state index in [1.165, 1.54) is 12.0 Å². The summed E-state index contributed by atoms with van der Waals surface area (Å²) in [5.74, 6) is 0.667. The molecular weight excluding hydrogens is 202 g/mol. The van der Waals surface area contributed by atoms with Crippen LogP contribution in [0.4, 0.5) is 0 Å². The van der Waals surface area contributed by atoms with E-state index in [1.807, 2.05) is 7.05 Å². The van der Waals surface area contributed by atoms with Gasteiger partial charge in [-0.3, -0.25) is 0 Å². The molecule has 84 valence electrons. The summed E-state index contributed by atoms with van der Waals surface area (Å²) in [7, 11) is 1.93. The molecule has 0 bridgehead atoms. The molecule has 0 amide bonds. The molecule has 0 aliphatic heterocycles. The predicted molar refractivity (Wildman–Crippen MR) is 71.0 cm³/mol. The molecule has 1 aliphatic carbocycles. The summed E-state index contributed by atoms with van der Waals surface area (Å²) < 4.78 is 0. The van der Waals surface area contributed by atoms with Crippen molar-refractivity contribution in [1.82, 2.24) is 5.32 Å². The van der Waals surface area contributed by atoms with Gasteiger partial charge in [0.2, 0.25) is 0 Å². The highest BCUT2D eigenvalue weighted by Crippen LogP contribution is 2.30. The molecule has 15 heavy (non-hydrogen) atoms. The summed E-state index contributed by atoms with van der Waals surface area (Å²) in [5, 5.41) is 3.14. The van der Waals surface area contributed by atoms with Crippen molar-refractivity contribution in [3.63, 3.8) is 0 Å². The Kier molecular flexibility index (Phi) is 4.52. The minimum absolute atomic E-state index is 0.667. The van der Waals surface area contributed by atoms with Crippen LogP contribution in [0.5, 0.6) is 0 Å². The molecule has 2 heteroatoms. The molecule has 0 fully saturated rings. The third-order valence-corrected chi connectivity index (χ3v) is 3.58.